The number of aliphatic carboxylic acids is 1. The van der Waals surface area contributed by atoms with Crippen LogP contribution in [-0.2, 0) is 4.79 Å². The summed E-state index contributed by atoms with van der Waals surface area (Å²) in [5.74, 6) is 0.654. The molecule has 3 fully saturated rings. The Morgan fingerprint density at radius 1 is 1.13 bits per heavy atom. The minimum absolute atomic E-state index is 0.0523. The van der Waals surface area contributed by atoms with E-state index in [4.69, 9.17) is 0 Å². The Labute approximate surface area is 139 Å². The van der Waals surface area contributed by atoms with Crippen LogP contribution in [-0.4, -0.2) is 22.3 Å². The van der Waals surface area contributed by atoms with Crippen LogP contribution < -0.4 is 0 Å². The lowest BCUT2D eigenvalue weighted by atomic mass is 9.40. The van der Waals surface area contributed by atoms with Gasteiger partial charge in [0.2, 0.25) is 0 Å². The van der Waals surface area contributed by atoms with E-state index in [1.165, 1.54) is 19.3 Å². The van der Waals surface area contributed by atoms with Crippen molar-refractivity contribution >= 4 is 5.97 Å². The summed E-state index contributed by atoms with van der Waals surface area (Å²) in [5, 5.41) is 20.4. The van der Waals surface area contributed by atoms with Crippen molar-refractivity contribution in [1.29, 1.82) is 0 Å². The quantitative estimate of drug-likeness (QED) is 0.718. The summed E-state index contributed by atoms with van der Waals surface area (Å²) in [6.07, 6.45) is 9.33. The van der Waals surface area contributed by atoms with Crippen LogP contribution in [0.25, 0.3) is 0 Å². The number of hydrogen-bond acceptors (Lipinski definition) is 2. The van der Waals surface area contributed by atoms with Gasteiger partial charge in [-0.25, -0.2) is 0 Å². The normalized spacial score (nSPS) is 54.9. The summed E-state index contributed by atoms with van der Waals surface area (Å²) in [5.41, 5.74) is 0.964. The van der Waals surface area contributed by atoms with Gasteiger partial charge >= 0.3 is 5.97 Å². The standard InChI is InChI=1S/C20H30O3/c1-12-10-20-9-6-14-18(2,15(20)5-4-13(12)11-20)8-7-16(21)19(14,3)17(22)23/h10,13-16,21H,4-9,11H2,1-3H3,(H,22,23)/t13-,14+,15+,16-,18-,19+,20-/m0/s1. The van der Waals surface area contributed by atoms with E-state index in [-0.39, 0.29) is 11.3 Å². The summed E-state index contributed by atoms with van der Waals surface area (Å²) in [6.45, 7) is 6.45. The zero-order valence-corrected chi connectivity index (χ0v) is 14.6. The predicted octanol–water partition coefficient (Wildman–Crippen LogP) is 4.01. The van der Waals surface area contributed by atoms with Gasteiger partial charge in [0.1, 0.15) is 0 Å². The van der Waals surface area contributed by atoms with Crippen molar-refractivity contribution in [2.75, 3.05) is 0 Å². The fourth-order valence-electron chi connectivity index (χ4n) is 7.40. The van der Waals surface area contributed by atoms with Crippen LogP contribution in [0, 0.1) is 34.0 Å². The van der Waals surface area contributed by atoms with Crippen molar-refractivity contribution < 1.29 is 15.0 Å². The Morgan fingerprint density at radius 3 is 2.57 bits per heavy atom. The van der Waals surface area contributed by atoms with Crippen molar-refractivity contribution in [2.24, 2.45) is 34.0 Å². The van der Waals surface area contributed by atoms with Crippen molar-refractivity contribution in [2.45, 2.75) is 71.8 Å². The molecule has 4 aliphatic carbocycles. The lowest BCUT2D eigenvalue weighted by Gasteiger charge is -2.64. The first kappa shape index (κ1) is 15.7. The first-order valence-electron chi connectivity index (χ1n) is 9.35. The lowest BCUT2D eigenvalue weighted by molar-refractivity contribution is -0.200. The molecule has 3 nitrogen and oxygen atoms in total. The molecule has 0 saturated heterocycles. The van der Waals surface area contributed by atoms with Crippen LogP contribution in [0.3, 0.4) is 0 Å². The van der Waals surface area contributed by atoms with Crippen LogP contribution >= 0.6 is 0 Å². The second-order valence-electron chi connectivity index (χ2n) is 9.39. The molecule has 23 heavy (non-hydrogen) atoms. The van der Waals surface area contributed by atoms with Crippen molar-refractivity contribution in [1.82, 2.24) is 0 Å². The van der Waals surface area contributed by atoms with Gasteiger partial charge in [0, 0.05) is 0 Å². The highest BCUT2D eigenvalue weighted by Crippen LogP contribution is 2.70. The Kier molecular flexibility index (Phi) is 3.15. The van der Waals surface area contributed by atoms with Crippen LogP contribution in [0.4, 0.5) is 0 Å². The van der Waals surface area contributed by atoms with Gasteiger partial charge < -0.3 is 10.2 Å². The van der Waals surface area contributed by atoms with Gasteiger partial charge in [-0.15, -0.1) is 0 Å². The van der Waals surface area contributed by atoms with Crippen molar-refractivity contribution in [3.63, 3.8) is 0 Å². The monoisotopic (exact) mass is 318 g/mol. The van der Waals surface area contributed by atoms with Crippen LogP contribution in [0.2, 0.25) is 0 Å². The average molecular weight is 318 g/mol. The summed E-state index contributed by atoms with van der Waals surface area (Å²) in [4.78, 5) is 12.1. The highest BCUT2D eigenvalue weighted by molar-refractivity contribution is 5.76. The van der Waals surface area contributed by atoms with Crippen molar-refractivity contribution in [3.8, 4) is 0 Å². The minimum Gasteiger partial charge on any atom is -0.481 e. The number of carboxylic acids is 1. The predicted molar refractivity (Wildman–Crippen MR) is 88.8 cm³/mol. The molecule has 4 aliphatic rings. The zero-order chi connectivity index (χ0) is 16.6. The topological polar surface area (TPSA) is 57.5 Å². The van der Waals surface area contributed by atoms with E-state index in [1.807, 2.05) is 0 Å². The minimum atomic E-state index is -0.983. The molecule has 128 valence electrons. The van der Waals surface area contributed by atoms with Gasteiger partial charge in [-0.2, -0.15) is 0 Å². The van der Waals surface area contributed by atoms with Gasteiger partial charge in [-0.05, 0) is 87.4 Å². The fraction of sp³-hybridized carbons (Fsp3) is 0.850. The maximum atomic E-state index is 12.1. The molecule has 0 heterocycles. The van der Waals surface area contributed by atoms with Crippen LogP contribution in [0.1, 0.15) is 65.7 Å². The Bertz CT molecular complexity index is 581. The SMILES string of the molecule is CC1=C[C@]23CC[C@@H]4[C@](C)(CC[C@H](O)[C@]4(C)C(=O)O)[C@H]2CC[C@H]1C3. The van der Waals surface area contributed by atoms with E-state index in [9.17, 15) is 15.0 Å². The molecule has 0 aromatic rings. The molecular formula is C20H30O3. The summed E-state index contributed by atoms with van der Waals surface area (Å²) >= 11 is 0. The van der Waals surface area contributed by atoms with E-state index in [0.717, 1.165) is 25.2 Å². The number of aliphatic hydroxyl groups is 1. The fourth-order valence-corrected chi connectivity index (χ4v) is 7.40. The molecule has 2 N–H and O–H groups in total. The van der Waals surface area contributed by atoms with E-state index in [1.54, 1.807) is 12.5 Å². The zero-order valence-electron chi connectivity index (χ0n) is 14.6. The van der Waals surface area contributed by atoms with E-state index in [0.29, 0.717) is 17.8 Å². The van der Waals surface area contributed by atoms with Gasteiger partial charge in [-0.1, -0.05) is 18.6 Å². The molecule has 3 saturated carbocycles. The molecule has 1 spiro atoms. The molecule has 0 aromatic heterocycles. The van der Waals surface area contributed by atoms with Crippen molar-refractivity contribution in [3.05, 3.63) is 11.6 Å². The average Bonchev–Trinajstić information content (AvgIpc) is 2.73. The third-order valence-electron chi connectivity index (χ3n) is 8.61. The smallest absolute Gasteiger partial charge is 0.312 e. The second-order valence-corrected chi connectivity index (χ2v) is 9.39. The third-order valence-corrected chi connectivity index (χ3v) is 8.61. The molecule has 3 heteroatoms. The highest BCUT2D eigenvalue weighted by atomic mass is 16.4. The molecular weight excluding hydrogens is 288 g/mol. The number of carboxylic acid groups (broad SMARTS) is 1. The van der Waals surface area contributed by atoms with Gasteiger partial charge in [-0.3, -0.25) is 4.79 Å². The molecule has 0 amide bonds. The van der Waals surface area contributed by atoms with Gasteiger partial charge in [0.25, 0.3) is 0 Å². The number of aliphatic hydroxyl groups excluding tert-OH is 1. The number of allylic oxidation sites excluding steroid dienone is 2. The maximum Gasteiger partial charge on any atom is 0.312 e. The maximum absolute atomic E-state index is 12.1. The first-order chi connectivity index (χ1) is 10.7. The number of rotatable bonds is 1. The van der Waals surface area contributed by atoms with E-state index >= 15 is 0 Å². The van der Waals surface area contributed by atoms with Gasteiger partial charge in [0.15, 0.2) is 0 Å². The summed E-state index contributed by atoms with van der Waals surface area (Å²) in [7, 11) is 0. The Morgan fingerprint density at radius 2 is 1.87 bits per heavy atom. The lowest BCUT2D eigenvalue weighted by Crippen LogP contribution is -2.62. The Hall–Kier alpha value is -0.830. The number of carbonyl (C=O) groups is 1. The van der Waals surface area contributed by atoms with Crippen LogP contribution in [0.15, 0.2) is 11.6 Å². The summed E-state index contributed by atoms with van der Waals surface area (Å²) < 4.78 is 0. The third kappa shape index (κ3) is 1.78. The summed E-state index contributed by atoms with van der Waals surface area (Å²) in [6, 6.07) is 0. The molecule has 2 bridgehead atoms. The number of hydrogen-bond donors (Lipinski definition) is 2. The van der Waals surface area contributed by atoms with E-state index in [2.05, 4.69) is 19.9 Å². The molecule has 0 unspecified atom stereocenters. The molecule has 0 aromatic carbocycles. The molecule has 7 atom stereocenters. The number of fused-ring (bicyclic) bond motifs is 3. The first-order valence-corrected chi connectivity index (χ1v) is 9.35. The Balaban J connectivity index is 1.78. The largest absolute Gasteiger partial charge is 0.481 e. The van der Waals surface area contributed by atoms with Crippen LogP contribution in [0.5, 0.6) is 0 Å². The van der Waals surface area contributed by atoms with Gasteiger partial charge in [0.05, 0.1) is 11.5 Å². The van der Waals surface area contributed by atoms with E-state index < -0.39 is 17.5 Å². The molecule has 0 radical (unpaired) electrons. The molecule has 0 aliphatic heterocycles. The molecule has 4 rings (SSSR count). The second kappa shape index (κ2) is 4.62. The highest BCUT2D eigenvalue weighted by Gasteiger charge is 2.66.